The van der Waals surface area contributed by atoms with Gasteiger partial charge < -0.3 is 4.74 Å². The fraction of sp³-hybridized carbons (Fsp3) is 0.833. The Balaban J connectivity index is 1.96. The van der Waals surface area contributed by atoms with Crippen molar-refractivity contribution >= 4 is 5.97 Å². The van der Waals surface area contributed by atoms with E-state index >= 15 is 0 Å². The van der Waals surface area contributed by atoms with Crippen LogP contribution in [0, 0.1) is 12.3 Å². The maximum absolute atomic E-state index is 11.2. The maximum atomic E-state index is 11.2. The number of hydrogen-bond acceptors (Lipinski definition) is 2. The maximum Gasteiger partial charge on any atom is 0.309 e. The number of esters is 1. The smallest absolute Gasteiger partial charge is 0.309 e. The van der Waals surface area contributed by atoms with E-state index in [4.69, 9.17) is 4.74 Å². The van der Waals surface area contributed by atoms with Crippen LogP contribution in [0.25, 0.3) is 0 Å². The molecule has 0 aromatic carbocycles. The third kappa shape index (κ3) is 4.64. The molecule has 1 aliphatic carbocycles. The van der Waals surface area contributed by atoms with E-state index in [-0.39, 0.29) is 5.97 Å². The summed E-state index contributed by atoms with van der Waals surface area (Å²) >= 11 is 0. The van der Waals surface area contributed by atoms with Crippen molar-refractivity contribution < 1.29 is 9.53 Å². The molecule has 0 saturated heterocycles. The van der Waals surface area contributed by atoms with Crippen LogP contribution >= 0.6 is 0 Å². The summed E-state index contributed by atoms with van der Waals surface area (Å²) in [5, 5.41) is 0. The van der Waals surface area contributed by atoms with Gasteiger partial charge in [-0.2, -0.15) is 0 Å². The lowest BCUT2D eigenvalue weighted by Crippen LogP contribution is -2.11. The minimum Gasteiger partial charge on any atom is -0.465 e. The van der Waals surface area contributed by atoms with Crippen molar-refractivity contribution in [3.63, 3.8) is 0 Å². The Labute approximate surface area is 87.0 Å². The number of carbonyl (C=O) groups is 1. The minimum absolute atomic E-state index is 0.120. The Bertz CT molecular complexity index is 160. The molecule has 81 valence electrons. The molecule has 1 fully saturated rings. The normalized spacial score (nSPS) is 17.2. The van der Waals surface area contributed by atoms with E-state index in [1.807, 2.05) is 0 Å². The number of unbranched alkanes of at least 4 members (excludes halogenated alkanes) is 2. The fourth-order valence-corrected chi connectivity index (χ4v) is 1.86. The van der Waals surface area contributed by atoms with Gasteiger partial charge in [-0.3, -0.25) is 4.79 Å². The molecule has 0 aliphatic heterocycles. The average Bonchev–Trinajstić information content (AvgIpc) is 2.68. The van der Waals surface area contributed by atoms with E-state index in [2.05, 4.69) is 6.92 Å². The van der Waals surface area contributed by atoms with Crippen LogP contribution in [-0.4, -0.2) is 12.6 Å². The van der Waals surface area contributed by atoms with Crippen LogP contribution < -0.4 is 0 Å². The van der Waals surface area contributed by atoms with Crippen LogP contribution in [0.4, 0.5) is 0 Å². The van der Waals surface area contributed by atoms with Gasteiger partial charge in [0.2, 0.25) is 0 Å². The summed E-state index contributed by atoms with van der Waals surface area (Å²) in [5.41, 5.74) is 0. The van der Waals surface area contributed by atoms with Gasteiger partial charge in [0.1, 0.15) is 0 Å². The summed E-state index contributed by atoms with van der Waals surface area (Å²) < 4.78 is 5.18. The van der Waals surface area contributed by atoms with Crippen molar-refractivity contribution in [1.29, 1.82) is 0 Å². The minimum atomic E-state index is -0.120. The molecule has 0 bridgehead atoms. The summed E-state index contributed by atoms with van der Waals surface area (Å²) in [4.78, 5) is 11.2. The van der Waals surface area contributed by atoms with E-state index in [1.165, 1.54) is 25.7 Å². The van der Waals surface area contributed by atoms with Crippen LogP contribution in [-0.2, 0) is 9.53 Å². The van der Waals surface area contributed by atoms with Gasteiger partial charge in [-0.05, 0) is 25.2 Å². The summed E-state index contributed by atoms with van der Waals surface area (Å²) in [5.74, 6) is 0.517. The van der Waals surface area contributed by atoms with Crippen LogP contribution in [0.2, 0.25) is 0 Å². The Kier molecular flexibility index (Phi) is 5.65. The van der Waals surface area contributed by atoms with Crippen molar-refractivity contribution in [2.45, 2.75) is 51.9 Å². The van der Waals surface area contributed by atoms with E-state index in [1.54, 1.807) is 6.42 Å². The lowest BCUT2D eigenvalue weighted by molar-refractivity contribution is -0.141. The predicted molar refractivity (Wildman–Crippen MR) is 56.7 cm³/mol. The zero-order chi connectivity index (χ0) is 10.2. The predicted octanol–water partition coefficient (Wildman–Crippen LogP) is 3.11. The molecule has 14 heavy (non-hydrogen) atoms. The first kappa shape index (κ1) is 11.5. The summed E-state index contributed by atoms with van der Waals surface area (Å²) in [6.45, 7) is 2.76. The van der Waals surface area contributed by atoms with Crippen LogP contribution in [0.5, 0.6) is 0 Å². The highest BCUT2D eigenvalue weighted by molar-refractivity contribution is 5.78. The molecule has 0 heterocycles. The van der Waals surface area contributed by atoms with Gasteiger partial charge in [0, 0.05) is 0 Å². The quantitative estimate of drug-likeness (QED) is 0.483. The topological polar surface area (TPSA) is 26.3 Å². The number of carbonyl (C=O) groups excluding carboxylic acids is 1. The molecule has 1 radical (unpaired) electrons. The van der Waals surface area contributed by atoms with Gasteiger partial charge in [0.15, 0.2) is 0 Å². The summed E-state index contributed by atoms with van der Waals surface area (Å²) in [7, 11) is 0. The molecule has 0 aromatic rings. The first-order valence-corrected chi connectivity index (χ1v) is 5.83. The van der Waals surface area contributed by atoms with Crippen LogP contribution in [0.3, 0.4) is 0 Å². The monoisotopic (exact) mass is 197 g/mol. The van der Waals surface area contributed by atoms with Gasteiger partial charge in [0.05, 0.1) is 13.0 Å². The molecule has 0 unspecified atom stereocenters. The number of rotatable bonds is 6. The van der Waals surface area contributed by atoms with Gasteiger partial charge in [-0.25, -0.2) is 0 Å². The Morgan fingerprint density at radius 1 is 1.43 bits per heavy atom. The Hall–Kier alpha value is -0.530. The highest BCUT2D eigenvalue weighted by atomic mass is 16.5. The summed E-state index contributed by atoms with van der Waals surface area (Å²) in [6.07, 6.45) is 9.84. The highest BCUT2D eigenvalue weighted by Gasteiger charge is 2.16. The molecule has 2 nitrogen and oxygen atoms in total. The first-order chi connectivity index (χ1) is 6.83. The largest absolute Gasteiger partial charge is 0.465 e. The second-order valence-electron chi connectivity index (χ2n) is 4.13. The highest BCUT2D eigenvalue weighted by Crippen LogP contribution is 2.24. The van der Waals surface area contributed by atoms with E-state index in [0.29, 0.717) is 12.5 Å². The Morgan fingerprint density at radius 2 is 2.14 bits per heavy atom. The van der Waals surface area contributed by atoms with E-state index < -0.39 is 0 Å². The third-order valence-electron chi connectivity index (χ3n) is 2.80. The third-order valence-corrected chi connectivity index (χ3v) is 2.80. The van der Waals surface area contributed by atoms with Gasteiger partial charge in [-0.15, -0.1) is 0 Å². The van der Waals surface area contributed by atoms with Crippen molar-refractivity contribution in [2.75, 3.05) is 6.61 Å². The summed E-state index contributed by atoms with van der Waals surface area (Å²) in [6, 6.07) is 0. The lowest BCUT2D eigenvalue weighted by atomic mass is 10.1. The second kappa shape index (κ2) is 6.86. The molecule has 1 rings (SSSR count). The van der Waals surface area contributed by atoms with E-state index in [0.717, 1.165) is 19.3 Å². The van der Waals surface area contributed by atoms with Crippen LogP contribution in [0.1, 0.15) is 51.9 Å². The second-order valence-corrected chi connectivity index (χ2v) is 4.13. The molecule has 2 heteroatoms. The molecule has 0 atom stereocenters. The zero-order valence-electron chi connectivity index (χ0n) is 9.13. The van der Waals surface area contributed by atoms with E-state index in [9.17, 15) is 4.79 Å². The molecule has 0 aromatic heterocycles. The molecular weight excluding hydrogens is 176 g/mol. The van der Waals surface area contributed by atoms with Gasteiger partial charge in [0.25, 0.3) is 0 Å². The van der Waals surface area contributed by atoms with Crippen molar-refractivity contribution in [3.8, 4) is 0 Å². The molecule has 0 spiro atoms. The van der Waals surface area contributed by atoms with Gasteiger partial charge >= 0.3 is 5.97 Å². The lowest BCUT2D eigenvalue weighted by Gasteiger charge is -2.09. The molecule has 0 amide bonds. The fourth-order valence-electron chi connectivity index (χ4n) is 1.86. The number of ether oxygens (including phenoxy) is 1. The zero-order valence-corrected chi connectivity index (χ0v) is 9.13. The van der Waals surface area contributed by atoms with Gasteiger partial charge in [-0.1, -0.05) is 32.6 Å². The molecule has 1 aliphatic rings. The van der Waals surface area contributed by atoms with Crippen molar-refractivity contribution in [3.05, 3.63) is 6.42 Å². The first-order valence-electron chi connectivity index (χ1n) is 5.83. The average molecular weight is 197 g/mol. The van der Waals surface area contributed by atoms with Crippen LogP contribution in [0.15, 0.2) is 0 Å². The van der Waals surface area contributed by atoms with Crippen molar-refractivity contribution in [2.24, 2.45) is 5.92 Å². The SMILES string of the molecule is CCCC[CH]C(=O)OCC1CCCC1. The standard InChI is InChI=1S/C12H21O2/c1-2-3-4-9-12(13)14-10-11-7-5-6-8-11/h9,11H,2-8,10H2,1H3. The molecule has 1 saturated carbocycles. The molecule has 0 N–H and O–H groups in total. The molecular formula is C12H21O2. The number of hydrogen-bond donors (Lipinski definition) is 0. The Morgan fingerprint density at radius 3 is 2.79 bits per heavy atom. The van der Waals surface area contributed by atoms with Crippen molar-refractivity contribution in [1.82, 2.24) is 0 Å².